The van der Waals surface area contributed by atoms with Gasteiger partial charge in [0.2, 0.25) is 0 Å². The number of nitrogens with one attached hydrogen (secondary N) is 1. The maximum atomic E-state index is 10.7. The molecule has 1 saturated heterocycles. The Kier molecular flexibility index (Phi) is 4.57. The summed E-state index contributed by atoms with van der Waals surface area (Å²) >= 11 is 3.50. The second-order valence-electron chi connectivity index (χ2n) is 7.47. The number of hydrogen-bond acceptors (Lipinski definition) is 3. The van der Waals surface area contributed by atoms with E-state index in [1.54, 1.807) is 0 Å². The second-order valence-corrected chi connectivity index (χ2v) is 8.39. The number of rotatable bonds is 4. The minimum absolute atomic E-state index is 0.171. The van der Waals surface area contributed by atoms with E-state index in [1.165, 1.54) is 25.9 Å². The summed E-state index contributed by atoms with van der Waals surface area (Å²) in [5, 5.41) is 11.7. The van der Waals surface area contributed by atoms with Crippen LogP contribution in [0, 0.1) is 0 Å². The Morgan fingerprint density at radius 1 is 1.14 bits per heavy atom. The molecule has 0 saturated carbocycles. The van der Waals surface area contributed by atoms with Gasteiger partial charge in [-0.1, -0.05) is 46.3 Å². The first kappa shape index (κ1) is 17.7. The molecular formula is C23H22BrN3O. The number of fused-ring (bicyclic) bond motifs is 2. The molecule has 5 heteroatoms. The second kappa shape index (κ2) is 7.22. The molecule has 2 aliphatic heterocycles. The number of benzene rings is 2. The van der Waals surface area contributed by atoms with E-state index in [0.29, 0.717) is 0 Å². The van der Waals surface area contributed by atoms with Gasteiger partial charge in [0, 0.05) is 27.5 Å². The molecule has 28 heavy (non-hydrogen) atoms. The Balaban J connectivity index is 1.56. The monoisotopic (exact) mass is 435 g/mol. The quantitative estimate of drug-likeness (QED) is 0.556. The number of nitrogens with zero attached hydrogens (tertiary/aromatic N) is 2. The lowest BCUT2D eigenvalue weighted by Crippen LogP contribution is -2.19. The predicted molar refractivity (Wildman–Crippen MR) is 119 cm³/mol. The summed E-state index contributed by atoms with van der Waals surface area (Å²) in [5.41, 5.74) is 5.77. The third-order valence-electron chi connectivity index (χ3n) is 5.65. The number of allylic oxidation sites excluding steroid dienone is 1. The van der Waals surface area contributed by atoms with Gasteiger partial charge in [0.1, 0.15) is 0 Å². The number of aliphatic imine (C=N–C) groups is 1. The Morgan fingerprint density at radius 2 is 1.96 bits per heavy atom. The minimum Gasteiger partial charge on any atom is -0.494 e. The van der Waals surface area contributed by atoms with E-state index >= 15 is 0 Å². The van der Waals surface area contributed by atoms with E-state index in [0.717, 1.165) is 56.4 Å². The van der Waals surface area contributed by atoms with E-state index in [-0.39, 0.29) is 5.88 Å². The van der Waals surface area contributed by atoms with Crippen molar-refractivity contribution in [2.45, 2.75) is 19.3 Å². The summed E-state index contributed by atoms with van der Waals surface area (Å²) in [4.78, 5) is 10.5. The van der Waals surface area contributed by atoms with Gasteiger partial charge in [-0.3, -0.25) is 0 Å². The highest BCUT2D eigenvalue weighted by atomic mass is 79.9. The highest BCUT2D eigenvalue weighted by Gasteiger charge is 2.26. The van der Waals surface area contributed by atoms with Crippen LogP contribution in [-0.2, 0) is 0 Å². The Labute approximate surface area is 172 Å². The smallest absolute Gasteiger partial charge is 0.199 e. The van der Waals surface area contributed by atoms with E-state index in [2.05, 4.69) is 44.0 Å². The molecule has 3 heterocycles. The van der Waals surface area contributed by atoms with E-state index in [1.807, 2.05) is 30.3 Å². The largest absolute Gasteiger partial charge is 0.494 e. The summed E-state index contributed by atoms with van der Waals surface area (Å²) < 4.78 is 0.978. The van der Waals surface area contributed by atoms with Crippen molar-refractivity contribution in [3.63, 3.8) is 0 Å². The Morgan fingerprint density at radius 3 is 2.82 bits per heavy atom. The van der Waals surface area contributed by atoms with Crippen molar-refractivity contribution in [2.75, 3.05) is 19.6 Å². The Bertz CT molecular complexity index is 1110. The molecule has 0 spiro atoms. The number of aromatic amines is 1. The summed E-state index contributed by atoms with van der Waals surface area (Å²) in [6.07, 6.45) is 5.90. The van der Waals surface area contributed by atoms with Gasteiger partial charge in [-0.25, -0.2) is 4.99 Å². The zero-order chi connectivity index (χ0) is 19.1. The number of likely N-dealkylation sites (tertiary alicyclic amines) is 1. The number of halogens is 1. The van der Waals surface area contributed by atoms with Crippen molar-refractivity contribution in [3.05, 3.63) is 64.1 Å². The molecule has 1 aromatic heterocycles. The molecule has 5 rings (SSSR count). The van der Waals surface area contributed by atoms with Gasteiger partial charge in [-0.05, 0) is 50.6 Å². The van der Waals surface area contributed by atoms with Gasteiger partial charge < -0.3 is 15.0 Å². The fraction of sp³-hybridized carbons (Fsp3) is 0.261. The van der Waals surface area contributed by atoms with Crippen molar-refractivity contribution in [1.82, 2.24) is 9.88 Å². The number of aromatic nitrogens is 1. The summed E-state index contributed by atoms with van der Waals surface area (Å²) in [7, 11) is 0. The first-order valence-electron chi connectivity index (χ1n) is 9.82. The van der Waals surface area contributed by atoms with Crippen LogP contribution in [0.4, 0.5) is 5.69 Å². The first-order valence-corrected chi connectivity index (χ1v) is 10.6. The predicted octanol–water partition coefficient (Wildman–Crippen LogP) is 5.64. The van der Waals surface area contributed by atoms with Crippen LogP contribution in [0.1, 0.15) is 30.4 Å². The zero-order valence-electron chi connectivity index (χ0n) is 15.6. The van der Waals surface area contributed by atoms with Crippen molar-refractivity contribution in [3.8, 4) is 5.88 Å². The maximum absolute atomic E-state index is 10.7. The molecule has 0 radical (unpaired) electrons. The fourth-order valence-corrected chi connectivity index (χ4v) is 4.66. The van der Waals surface area contributed by atoms with Gasteiger partial charge >= 0.3 is 0 Å². The molecule has 0 unspecified atom stereocenters. The fourth-order valence-electron chi connectivity index (χ4n) is 4.30. The molecule has 2 N–H and O–H groups in total. The summed E-state index contributed by atoms with van der Waals surface area (Å²) in [6, 6.07) is 14.2. The highest BCUT2D eigenvalue weighted by Crippen LogP contribution is 2.41. The number of aromatic hydroxyl groups is 1. The number of H-pyrrole nitrogens is 1. The van der Waals surface area contributed by atoms with Crippen LogP contribution in [0.5, 0.6) is 5.88 Å². The highest BCUT2D eigenvalue weighted by molar-refractivity contribution is 9.10. The molecule has 0 amide bonds. The van der Waals surface area contributed by atoms with E-state index in [4.69, 9.17) is 4.99 Å². The molecule has 0 atom stereocenters. The van der Waals surface area contributed by atoms with E-state index in [9.17, 15) is 5.11 Å². The van der Waals surface area contributed by atoms with Gasteiger partial charge in [-0.15, -0.1) is 0 Å². The van der Waals surface area contributed by atoms with Crippen LogP contribution < -0.4 is 0 Å². The van der Waals surface area contributed by atoms with Gasteiger partial charge in [0.25, 0.3) is 0 Å². The average Bonchev–Trinajstić information content (AvgIpc) is 3.39. The van der Waals surface area contributed by atoms with E-state index < -0.39 is 0 Å². The lowest BCUT2D eigenvalue weighted by Gasteiger charge is -2.13. The lowest BCUT2D eigenvalue weighted by atomic mass is 9.96. The average molecular weight is 436 g/mol. The molecular weight excluding hydrogens is 414 g/mol. The van der Waals surface area contributed by atoms with Crippen LogP contribution in [0.25, 0.3) is 16.5 Å². The van der Waals surface area contributed by atoms with Crippen LogP contribution in [0.2, 0.25) is 0 Å². The molecule has 0 bridgehead atoms. The van der Waals surface area contributed by atoms with Crippen LogP contribution >= 0.6 is 15.9 Å². The zero-order valence-corrected chi connectivity index (χ0v) is 17.2. The van der Waals surface area contributed by atoms with Crippen molar-refractivity contribution in [1.29, 1.82) is 0 Å². The molecule has 4 nitrogen and oxygen atoms in total. The third-order valence-corrected chi connectivity index (χ3v) is 6.14. The topological polar surface area (TPSA) is 51.6 Å². The van der Waals surface area contributed by atoms with Gasteiger partial charge in [-0.2, -0.15) is 0 Å². The molecule has 2 aliphatic rings. The van der Waals surface area contributed by atoms with Crippen molar-refractivity contribution >= 4 is 43.8 Å². The summed E-state index contributed by atoms with van der Waals surface area (Å²) in [6.45, 7) is 3.49. The number of para-hydroxylation sites is 1. The standard InChI is InChI=1S/C23H22BrN3O/c24-15-9-10-18-20(14-15)26-23(28)21(18)22-17(7-5-13-27-11-3-4-12-27)16-6-1-2-8-19(16)25-22/h1-2,6-10,14,26,28H,3-5,11-13H2/b17-7-. The SMILES string of the molecule is Oc1[nH]c2cc(Br)ccc2c1C1=Nc2ccccc2/C1=C/CCN1CCCC1. The summed E-state index contributed by atoms with van der Waals surface area (Å²) in [5.74, 6) is 0.171. The van der Waals surface area contributed by atoms with Crippen molar-refractivity contribution < 1.29 is 5.11 Å². The van der Waals surface area contributed by atoms with Gasteiger partial charge in [0.15, 0.2) is 5.88 Å². The van der Waals surface area contributed by atoms with Crippen molar-refractivity contribution in [2.24, 2.45) is 4.99 Å². The third kappa shape index (κ3) is 3.09. The molecule has 142 valence electrons. The molecule has 0 aliphatic carbocycles. The number of hydrogen-bond donors (Lipinski definition) is 2. The minimum atomic E-state index is 0.171. The van der Waals surface area contributed by atoms with Crippen LogP contribution in [0.3, 0.4) is 0 Å². The Hall–Kier alpha value is -2.37. The molecule has 3 aromatic rings. The maximum Gasteiger partial charge on any atom is 0.199 e. The molecule has 2 aromatic carbocycles. The first-order chi connectivity index (χ1) is 13.7. The van der Waals surface area contributed by atoms with Crippen LogP contribution in [-0.4, -0.2) is 40.3 Å². The lowest BCUT2D eigenvalue weighted by molar-refractivity contribution is 0.346. The van der Waals surface area contributed by atoms with Gasteiger partial charge in [0.05, 0.1) is 22.5 Å². The molecule has 1 fully saturated rings. The van der Waals surface area contributed by atoms with Crippen LogP contribution in [0.15, 0.2) is 58.0 Å². The normalized spacial score (nSPS) is 18.2.